The molecule has 0 radical (unpaired) electrons. The SMILES string of the molecule is CC(C)c1ccccc1N(C)C(=O)C1CC2(C1)CN(C(=O)O)C2. The van der Waals surface area contributed by atoms with E-state index in [9.17, 15) is 9.59 Å². The summed E-state index contributed by atoms with van der Waals surface area (Å²) in [6, 6.07) is 8.04. The zero-order chi connectivity index (χ0) is 16.8. The van der Waals surface area contributed by atoms with E-state index in [2.05, 4.69) is 19.9 Å². The normalized spacial score (nSPS) is 19.4. The third-order valence-corrected chi connectivity index (χ3v) is 5.28. The molecule has 1 aliphatic carbocycles. The van der Waals surface area contributed by atoms with E-state index in [1.165, 1.54) is 10.5 Å². The van der Waals surface area contributed by atoms with Crippen molar-refractivity contribution in [3.05, 3.63) is 29.8 Å². The highest BCUT2D eigenvalue weighted by Crippen LogP contribution is 2.52. The van der Waals surface area contributed by atoms with Crippen LogP contribution in [-0.4, -0.2) is 42.1 Å². The van der Waals surface area contributed by atoms with Gasteiger partial charge in [-0.15, -0.1) is 0 Å². The molecular weight excluding hydrogens is 292 g/mol. The Balaban J connectivity index is 1.63. The van der Waals surface area contributed by atoms with E-state index < -0.39 is 6.09 Å². The Bertz CT molecular complexity index is 627. The second kappa shape index (κ2) is 5.55. The molecule has 1 saturated heterocycles. The monoisotopic (exact) mass is 316 g/mol. The molecule has 2 amide bonds. The summed E-state index contributed by atoms with van der Waals surface area (Å²) in [5.41, 5.74) is 2.23. The van der Waals surface area contributed by atoms with Gasteiger partial charge in [-0.1, -0.05) is 32.0 Å². The number of carboxylic acid groups (broad SMARTS) is 1. The smallest absolute Gasteiger partial charge is 0.407 e. The zero-order valence-electron chi connectivity index (χ0n) is 14.0. The molecule has 1 aliphatic heterocycles. The Hall–Kier alpha value is -2.04. The van der Waals surface area contributed by atoms with E-state index in [4.69, 9.17) is 5.11 Å². The van der Waals surface area contributed by atoms with Crippen molar-refractivity contribution in [1.29, 1.82) is 0 Å². The molecule has 0 bridgehead atoms. The standard InChI is InChI=1S/C18H24N2O3/c1-12(2)14-6-4-5-7-15(14)19(3)16(21)13-8-18(9-13)10-20(11-18)17(22)23/h4-7,12-13H,8-11H2,1-3H3,(H,22,23). The number of rotatable bonds is 3. The fraction of sp³-hybridized carbons (Fsp3) is 0.556. The Morgan fingerprint density at radius 1 is 1.26 bits per heavy atom. The fourth-order valence-electron chi connectivity index (χ4n) is 3.99. The maximum atomic E-state index is 12.7. The van der Waals surface area contributed by atoms with Gasteiger partial charge in [0.05, 0.1) is 0 Å². The zero-order valence-corrected chi connectivity index (χ0v) is 14.0. The molecule has 5 heteroatoms. The van der Waals surface area contributed by atoms with E-state index in [1.807, 2.05) is 25.2 Å². The lowest BCUT2D eigenvalue weighted by atomic mass is 9.57. The molecule has 1 aromatic carbocycles. The largest absolute Gasteiger partial charge is 0.465 e. The van der Waals surface area contributed by atoms with Gasteiger partial charge in [-0.3, -0.25) is 4.79 Å². The highest BCUT2D eigenvalue weighted by Gasteiger charge is 2.56. The molecule has 23 heavy (non-hydrogen) atoms. The summed E-state index contributed by atoms with van der Waals surface area (Å²) >= 11 is 0. The van der Waals surface area contributed by atoms with Gasteiger partial charge >= 0.3 is 6.09 Å². The first kappa shape index (κ1) is 15.8. The first-order valence-electron chi connectivity index (χ1n) is 8.17. The van der Waals surface area contributed by atoms with Crippen LogP contribution in [0.4, 0.5) is 10.5 Å². The summed E-state index contributed by atoms with van der Waals surface area (Å²) in [6.07, 6.45) is 0.765. The van der Waals surface area contributed by atoms with Crippen molar-refractivity contribution in [2.24, 2.45) is 11.3 Å². The Morgan fingerprint density at radius 3 is 2.43 bits per heavy atom. The average molecular weight is 316 g/mol. The number of benzene rings is 1. The minimum Gasteiger partial charge on any atom is -0.465 e. The van der Waals surface area contributed by atoms with Crippen molar-refractivity contribution < 1.29 is 14.7 Å². The van der Waals surface area contributed by atoms with Gasteiger partial charge in [0.2, 0.25) is 5.91 Å². The summed E-state index contributed by atoms with van der Waals surface area (Å²) in [5, 5.41) is 8.93. The van der Waals surface area contributed by atoms with Crippen molar-refractivity contribution in [3.8, 4) is 0 Å². The maximum absolute atomic E-state index is 12.7. The minimum absolute atomic E-state index is 0.0242. The van der Waals surface area contributed by atoms with E-state index in [0.717, 1.165) is 18.5 Å². The maximum Gasteiger partial charge on any atom is 0.407 e. The predicted octanol–water partition coefficient (Wildman–Crippen LogP) is 3.16. The molecule has 1 N–H and O–H groups in total. The molecule has 2 aliphatic rings. The molecule has 0 aromatic heterocycles. The fourth-order valence-corrected chi connectivity index (χ4v) is 3.99. The Labute approximate surface area is 136 Å². The summed E-state index contributed by atoms with van der Waals surface area (Å²) in [4.78, 5) is 26.8. The van der Waals surface area contributed by atoms with Crippen LogP contribution in [0.2, 0.25) is 0 Å². The lowest BCUT2D eigenvalue weighted by Gasteiger charge is -2.57. The van der Waals surface area contributed by atoms with Crippen LogP contribution in [0.5, 0.6) is 0 Å². The van der Waals surface area contributed by atoms with E-state index >= 15 is 0 Å². The van der Waals surface area contributed by atoms with Crippen molar-refractivity contribution in [3.63, 3.8) is 0 Å². The third kappa shape index (κ3) is 2.69. The van der Waals surface area contributed by atoms with Crippen LogP contribution in [-0.2, 0) is 4.79 Å². The first-order valence-corrected chi connectivity index (χ1v) is 8.17. The highest BCUT2D eigenvalue weighted by atomic mass is 16.4. The van der Waals surface area contributed by atoms with Gasteiger partial charge in [-0.25, -0.2) is 4.79 Å². The van der Waals surface area contributed by atoms with Crippen molar-refractivity contribution >= 4 is 17.7 Å². The molecule has 1 saturated carbocycles. The minimum atomic E-state index is -0.853. The number of hydrogen-bond acceptors (Lipinski definition) is 2. The Kier molecular flexibility index (Phi) is 3.82. The first-order chi connectivity index (χ1) is 10.8. The van der Waals surface area contributed by atoms with Crippen LogP contribution in [0.3, 0.4) is 0 Å². The number of hydrogen-bond donors (Lipinski definition) is 1. The highest BCUT2D eigenvalue weighted by molar-refractivity contribution is 5.96. The average Bonchev–Trinajstić information content (AvgIpc) is 2.42. The van der Waals surface area contributed by atoms with Crippen LogP contribution in [0.1, 0.15) is 38.2 Å². The van der Waals surface area contributed by atoms with Crippen molar-refractivity contribution in [2.45, 2.75) is 32.6 Å². The lowest BCUT2D eigenvalue weighted by Crippen LogP contribution is -2.65. The summed E-state index contributed by atoms with van der Waals surface area (Å²) < 4.78 is 0. The molecule has 2 fully saturated rings. The summed E-state index contributed by atoms with van der Waals surface area (Å²) in [7, 11) is 1.85. The molecule has 124 valence electrons. The van der Waals surface area contributed by atoms with Crippen molar-refractivity contribution in [1.82, 2.24) is 4.90 Å². The topological polar surface area (TPSA) is 60.9 Å². The number of amides is 2. The Morgan fingerprint density at radius 2 is 1.87 bits per heavy atom. The molecule has 3 rings (SSSR count). The number of anilines is 1. The number of nitrogens with zero attached hydrogens (tertiary/aromatic N) is 2. The predicted molar refractivity (Wildman–Crippen MR) is 88.7 cm³/mol. The molecular formula is C18H24N2O3. The van der Waals surface area contributed by atoms with Gasteiger partial charge in [-0.05, 0) is 30.4 Å². The number of para-hydroxylation sites is 1. The summed E-state index contributed by atoms with van der Waals surface area (Å²) in [6.45, 7) is 5.42. The van der Waals surface area contributed by atoms with Gasteiger partial charge in [0.25, 0.3) is 0 Å². The molecule has 1 heterocycles. The quantitative estimate of drug-likeness (QED) is 0.932. The second-order valence-corrected chi connectivity index (χ2v) is 7.35. The molecule has 1 spiro atoms. The van der Waals surface area contributed by atoms with E-state index in [1.54, 1.807) is 4.90 Å². The lowest BCUT2D eigenvalue weighted by molar-refractivity contribution is -0.138. The number of carbonyl (C=O) groups excluding carboxylic acids is 1. The van der Waals surface area contributed by atoms with E-state index in [0.29, 0.717) is 19.0 Å². The van der Waals surface area contributed by atoms with Crippen LogP contribution in [0, 0.1) is 11.3 Å². The van der Waals surface area contributed by atoms with Gasteiger partial charge in [0, 0.05) is 37.2 Å². The molecule has 0 atom stereocenters. The molecule has 0 unspecified atom stereocenters. The van der Waals surface area contributed by atoms with E-state index in [-0.39, 0.29) is 17.2 Å². The number of likely N-dealkylation sites (tertiary alicyclic amines) is 1. The van der Waals surface area contributed by atoms with Crippen molar-refractivity contribution in [2.75, 3.05) is 25.0 Å². The van der Waals surface area contributed by atoms with Gasteiger partial charge in [0.15, 0.2) is 0 Å². The van der Waals surface area contributed by atoms with Gasteiger partial charge < -0.3 is 14.9 Å². The van der Waals surface area contributed by atoms with Crippen LogP contribution in [0.15, 0.2) is 24.3 Å². The number of carbonyl (C=O) groups is 2. The molecule has 1 aromatic rings. The van der Waals surface area contributed by atoms with Gasteiger partial charge in [-0.2, -0.15) is 0 Å². The molecule has 5 nitrogen and oxygen atoms in total. The van der Waals surface area contributed by atoms with Crippen LogP contribution < -0.4 is 4.90 Å². The summed E-state index contributed by atoms with van der Waals surface area (Å²) in [5.74, 6) is 0.540. The van der Waals surface area contributed by atoms with Crippen LogP contribution in [0.25, 0.3) is 0 Å². The second-order valence-electron chi connectivity index (χ2n) is 7.35. The van der Waals surface area contributed by atoms with Crippen LogP contribution >= 0.6 is 0 Å². The third-order valence-electron chi connectivity index (χ3n) is 5.28. The van der Waals surface area contributed by atoms with Gasteiger partial charge in [0.1, 0.15) is 0 Å².